The first-order valence-electron chi connectivity index (χ1n) is 12.3. The molecule has 0 atom stereocenters. The highest BCUT2D eigenvalue weighted by Gasteiger charge is 2.22. The molecule has 0 radical (unpaired) electrons. The number of piperazine rings is 1. The van der Waals surface area contributed by atoms with Crippen LogP contribution < -0.4 is 20.9 Å². The molecule has 9 heteroatoms. The lowest BCUT2D eigenvalue weighted by molar-refractivity contribution is -0.136. The van der Waals surface area contributed by atoms with Crippen LogP contribution in [0.25, 0.3) is 5.57 Å². The fourth-order valence-corrected chi connectivity index (χ4v) is 5.03. The van der Waals surface area contributed by atoms with Crippen LogP contribution in [0, 0.1) is 0 Å². The zero-order chi connectivity index (χ0) is 26.1. The van der Waals surface area contributed by atoms with Crippen molar-refractivity contribution in [3.05, 3.63) is 97.7 Å². The number of aromatic nitrogens is 2. The third kappa shape index (κ3) is 4.95. The van der Waals surface area contributed by atoms with Crippen molar-refractivity contribution in [2.75, 3.05) is 37.6 Å². The maximum absolute atomic E-state index is 12.3. The average Bonchev–Trinajstić information content (AvgIpc) is 3.05. The van der Waals surface area contributed by atoms with Gasteiger partial charge in [-0.25, -0.2) is 4.79 Å². The molecule has 2 aromatic carbocycles. The van der Waals surface area contributed by atoms with Gasteiger partial charge in [0.2, 0.25) is 0 Å². The Morgan fingerprint density at radius 3 is 2.49 bits per heavy atom. The Labute approximate surface area is 214 Å². The first kappa shape index (κ1) is 24.6. The van der Waals surface area contributed by atoms with Gasteiger partial charge in [-0.2, -0.15) is 0 Å². The van der Waals surface area contributed by atoms with Crippen molar-refractivity contribution in [3.8, 4) is 5.75 Å². The molecule has 1 aromatic heterocycles. The van der Waals surface area contributed by atoms with Gasteiger partial charge in [0, 0.05) is 58.4 Å². The molecule has 3 heterocycles. The van der Waals surface area contributed by atoms with Gasteiger partial charge in [0.1, 0.15) is 18.2 Å². The van der Waals surface area contributed by atoms with Crippen molar-refractivity contribution in [2.24, 2.45) is 14.1 Å². The van der Waals surface area contributed by atoms with E-state index >= 15 is 0 Å². The summed E-state index contributed by atoms with van der Waals surface area (Å²) in [5, 5.41) is 9.29. The number of carboxylic acid groups (broad SMARTS) is 1. The fraction of sp³-hybridized carbons (Fsp3) is 0.321. The predicted octanol–water partition coefficient (Wildman–Crippen LogP) is 1.86. The smallest absolute Gasteiger partial charge is 0.332 e. The van der Waals surface area contributed by atoms with Crippen molar-refractivity contribution in [2.45, 2.75) is 13.0 Å². The number of hydrogen-bond donors (Lipinski definition) is 1. The summed E-state index contributed by atoms with van der Waals surface area (Å²) in [7, 11) is 3.18. The maximum Gasteiger partial charge on any atom is 0.332 e. The highest BCUT2D eigenvalue weighted by atomic mass is 16.5. The Kier molecular flexibility index (Phi) is 6.71. The van der Waals surface area contributed by atoms with Gasteiger partial charge in [0.15, 0.2) is 0 Å². The number of fused-ring (bicyclic) bond motifs is 2. The van der Waals surface area contributed by atoms with Gasteiger partial charge in [-0.1, -0.05) is 36.4 Å². The first-order chi connectivity index (χ1) is 17.8. The topological polar surface area (TPSA) is 97.0 Å². The predicted molar refractivity (Wildman–Crippen MR) is 141 cm³/mol. The van der Waals surface area contributed by atoms with E-state index in [4.69, 9.17) is 4.74 Å². The van der Waals surface area contributed by atoms with Gasteiger partial charge in [-0.05, 0) is 34.4 Å². The molecular formula is C28H30N4O5. The number of anilines is 1. The quantitative estimate of drug-likeness (QED) is 0.569. The standard InChI is InChI=1S/C28H30N4O5/c1-29-25(17-26(33)30(2)28(29)36)32-13-11-31(12-14-32)10-9-22-21-6-4-3-5-20(21)18-37-24-8-7-19(15-23(22)24)16-27(34)35/h3-9,15,17H,10-14,16,18H2,1-2H3,(H,34,35). The average molecular weight is 503 g/mol. The number of rotatable bonds is 5. The van der Waals surface area contributed by atoms with E-state index in [9.17, 15) is 19.5 Å². The van der Waals surface area contributed by atoms with E-state index < -0.39 is 5.97 Å². The van der Waals surface area contributed by atoms with E-state index in [0.717, 1.165) is 51.2 Å². The Balaban J connectivity index is 1.39. The minimum atomic E-state index is -0.868. The zero-order valence-electron chi connectivity index (χ0n) is 21.0. The van der Waals surface area contributed by atoms with Crippen LogP contribution in [0.3, 0.4) is 0 Å². The molecule has 192 valence electrons. The lowest BCUT2D eigenvalue weighted by Gasteiger charge is -2.36. The second kappa shape index (κ2) is 10.1. The second-order valence-corrected chi connectivity index (χ2v) is 9.49. The highest BCUT2D eigenvalue weighted by Crippen LogP contribution is 2.37. The third-order valence-electron chi connectivity index (χ3n) is 7.13. The largest absolute Gasteiger partial charge is 0.488 e. The molecule has 0 bridgehead atoms. The van der Waals surface area contributed by atoms with E-state index in [0.29, 0.717) is 32.1 Å². The van der Waals surface area contributed by atoms with Crippen molar-refractivity contribution >= 4 is 17.4 Å². The molecule has 3 aromatic rings. The van der Waals surface area contributed by atoms with Crippen LogP contribution in [0.4, 0.5) is 5.82 Å². The van der Waals surface area contributed by atoms with Crippen molar-refractivity contribution in [1.29, 1.82) is 0 Å². The molecule has 2 aliphatic rings. The van der Waals surface area contributed by atoms with E-state index in [2.05, 4.69) is 28.0 Å². The van der Waals surface area contributed by atoms with Crippen LogP contribution in [-0.4, -0.2) is 57.8 Å². The van der Waals surface area contributed by atoms with Crippen LogP contribution >= 0.6 is 0 Å². The monoisotopic (exact) mass is 502 g/mol. The summed E-state index contributed by atoms with van der Waals surface area (Å²) in [4.78, 5) is 40.3. The summed E-state index contributed by atoms with van der Waals surface area (Å²) in [5.41, 5.74) is 4.20. The molecule has 1 N–H and O–H groups in total. The second-order valence-electron chi connectivity index (χ2n) is 9.49. The number of aliphatic carboxylic acids is 1. The summed E-state index contributed by atoms with van der Waals surface area (Å²) < 4.78 is 8.73. The van der Waals surface area contributed by atoms with Crippen LogP contribution in [0.5, 0.6) is 5.75 Å². The number of carboxylic acids is 1. The van der Waals surface area contributed by atoms with E-state index in [1.807, 2.05) is 30.3 Å². The van der Waals surface area contributed by atoms with Crippen molar-refractivity contribution in [3.63, 3.8) is 0 Å². The third-order valence-corrected chi connectivity index (χ3v) is 7.13. The molecule has 0 amide bonds. The van der Waals surface area contributed by atoms with Crippen LogP contribution in [0.2, 0.25) is 0 Å². The number of ether oxygens (including phenoxy) is 1. The summed E-state index contributed by atoms with van der Waals surface area (Å²) in [6.07, 6.45) is 2.15. The first-order valence-corrected chi connectivity index (χ1v) is 12.3. The van der Waals surface area contributed by atoms with Crippen LogP contribution in [-0.2, 0) is 31.9 Å². The van der Waals surface area contributed by atoms with E-state index in [-0.39, 0.29) is 17.7 Å². The van der Waals surface area contributed by atoms with Gasteiger partial charge in [0.05, 0.1) is 6.42 Å². The molecule has 0 unspecified atom stereocenters. The number of nitrogens with zero attached hydrogens (tertiary/aromatic N) is 4. The van der Waals surface area contributed by atoms with Gasteiger partial charge < -0.3 is 14.7 Å². The molecule has 2 aliphatic heterocycles. The minimum absolute atomic E-state index is 0.0464. The van der Waals surface area contributed by atoms with E-state index in [1.54, 1.807) is 7.05 Å². The van der Waals surface area contributed by atoms with Crippen molar-refractivity contribution < 1.29 is 14.6 Å². The Morgan fingerprint density at radius 2 is 1.73 bits per heavy atom. The number of hydrogen-bond acceptors (Lipinski definition) is 6. The Morgan fingerprint density at radius 1 is 0.973 bits per heavy atom. The highest BCUT2D eigenvalue weighted by molar-refractivity contribution is 5.85. The fourth-order valence-electron chi connectivity index (χ4n) is 5.03. The number of benzene rings is 2. The summed E-state index contributed by atoms with van der Waals surface area (Å²) in [5.74, 6) is 0.515. The molecule has 9 nitrogen and oxygen atoms in total. The van der Waals surface area contributed by atoms with Gasteiger partial charge >= 0.3 is 11.7 Å². The summed E-state index contributed by atoms with van der Waals surface area (Å²) in [6.45, 7) is 4.10. The minimum Gasteiger partial charge on any atom is -0.488 e. The zero-order valence-corrected chi connectivity index (χ0v) is 21.0. The normalized spacial score (nSPS) is 16.6. The van der Waals surface area contributed by atoms with Crippen molar-refractivity contribution in [1.82, 2.24) is 14.0 Å². The Bertz CT molecular complexity index is 1500. The molecule has 0 aliphatic carbocycles. The lowest BCUT2D eigenvalue weighted by atomic mass is 9.92. The van der Waals surface area contributed by atoms with Crippen LogP contribution in [0.15, 0.2) is 64.2 Å². The SMILES string of the molecule is Cn1c(N2CCN(CC=C3c4ccccc4COc4ccc(CC(=O)O)cc43)CC2)cc(=O)n(C)c1=O. The molecular weight excluding hydrogens is 472 g/mol. The summed E-state index contributed by atoms with van der Waals surface area (Å²) in [6, 6.07) is 15.3. The molecule has 0 saturated carbocycles. The number of carbonyl (C=O) groups is 1. The maximum atomic E-state index is 12.3. The molecule has 37 heavy (non-hydrogen) atoms. The molecule has 1 saturated heterocycles. The van der Waals surface area contributed by atoms with Gasteiger partial charge in [-0.3, -0.25) is 23.6 Å². The Hall–Kier alpha value is -4.11. The van der Waals surface area contributed by atoms with Gasteiger partial charge in [0.25, 0.3) is 5.56 Å². The molecule has 1 fully saturated rings. The van der Waals surface area contributed by atoms with Gasteiger partial charge in [-0.15, -0.1) is 0 Å². The molecule has 5 rings (SSSR count). The summed E-state index contributed by atoms with van der Waals surface area (Å²) >= 11 is 0. The van der Waals surface area contributed by atoms with E-state index in [1.165, 1.54) is 17.7 Å². The molecule has 0 spiro atoms. The lowest BCUT2D eigenvalue weighted by Crippen LogP contribution is -2.49. The van der Waals surface area contributed by atoms with Crippen LogP contribution in [0.1, 0.15) is 22.3 Å².